The van der Waals surface area contributed by atoms with Gasteiger partial charge in [0.1, 0.15) is 6.54 Å². The van der Waals surface area contributed by atoms with Gasteiger partial charge in [-0.25, -0.2) is 4.99 Å². The number of amides is 1. The summed E-state index contributed by atoms with van der Waals surface area (Å²) in [5.41, 5.74) is 6.28. The first-order valence-electron chi connectivity index (χ1n) is 3.78. The molecule has 70 valence electrons. The lowest BCUT2D eigenvalue weighted by Crippen LogP contribution is -2.73. The Balaban J connectivity index is 4.83. The Morgan fingerprint density at radius 2 is 2.38 bits per heavy atom. The average molecular weight is 198 g/mol. The van der Waals surface area contributed by atoms with Crippen molar-refractivity contribution in [2.75, 3.05) is 6.54 Å². The Morgan fingerprint density at radius 3 is 2.77 bits per heavy atom. The van der Waals surface area contributed by atoms with Crippen LogP contribution in [-0.2, 0) is 4.79 Å². The molecule has 1 amide bonds. The summed E-state index contributed by atoms with van der Waals surface area (Å²) >= 11 is 4.31. The Hall–Kier alpha value is -1.32. The zero-order chi connectivity index (χ0) is 10.3. The molecular formula is C8H12N3OS+. The number of thiocarbonyl (C=S) groups is 1. The molecule has 4 nitrogen and oxygen atoms in total. The number of carbonyl (C=O) groups excluding carboxylic acids is 1. The lowest BCUT2D eigenvalue weighted by molar-refractivity contribution is -0.450. The van der Waals surface area contributed by atoms with Crippen LogP contribution in [0.5, 0.6) is 0 Å². The van der Waals surface area contributed by atoms with Crippen LogP contribution in [0.25, 0.3) is 0 Å². The molecule has 0 fully saturated rings. The molecule has 0 spiro atoms. The van der Waals surface area contributed by atoms with Gasteiger partial charge >= 0.3 is 5.91 Å². The second-order valence-electron chi connectivity index (χ2n) is 2.34. The minimum atomic E-state index is -0.457. The van der Waals surface area contributed by atoms with Crippen LogP contribution in [0.15, 0.2) is 16.8 Å². The zero-order valence-corrected chi connectivity index (χ0v) is 8.44. The molecule has 0 heterocycles. The molecule has 0 aromatic heterocycles. The molecular weight excluding hydrogens is 186 g/mol. The summed E-state index contributed by atoms with van der Waals surface area (Å²) in [5.74, 6) is -0.457. The van der Waals surface area contributed by atoms with Crippen molar-refractivity contribution in [3.63, 3.8) is 0 Å². The van der Waals surface area contributed by atoms with Crippen molar-refractivity contribution in [3.8, 4) is 0 Å². The topological polar surface area (TPSA) is 69.4 Å². The van der Waals surface area contributed by atoms with Gasteiger partial charge in [-0.05, 0) is 26.1 Å². The van der Waals surface area contributed by atoms with Gasteiger partial charge in [0.2, 0.25) is 0 Å². The Kier molecular flexibility index (Phi) is 5.59. The van der Waals surface area contributed by atoms with E-state index >= 15 is 0 Å². The van der Waals surface area contributed by atoms with Crippen LogP contribution in [0.4, 0.5) is 0 Å². The monoisotopic (exact) mass is 198 g/mol. The molecule has 0 unspecified atom stereocenters. The maximum absolute atomic E-state index is 11.2. The summed E-state index contributed by atoms with van der Waals surface area (Å²) < 4.78 is 0. The van der Waals surface area contributed by atoms with E-state index < -0.39 is 5.91 Å². The minimum Gasteiger partial charge on any atom is -0.402 e. The van der Waals surface area contributed by atoms with E-state index in [1.54, 1.807) is 6.92 Å². The van der Waals surface area contributed by atoms with Crippen molar-refractivity contribution in [2.24, 2.45) is 10.7 Å². The van der Waals surface area contributed by atoms with Gasteiger partial charge < -0.3 is 5.73 Å². The number of aliphatic imine (C=N–C) groups is 1. The molecule has 0 atom stereocenters. The van der Waals surface area contributed by atoms with Gasteiger partial charge in [0.05, 0.1) is 5.16 Å². The van der Waals surface area contributed by atoms with Crippen LogP contribution in [0, 0.1) is 0 Å². The van der Waals surface area contributed by atoms with Gasteiger partial charge in [0.25, 0.3) is 5.71 Å². The molecule has 0 bridgehead atoms. The van der Waals surface area contributed by atoms with Crippen molar-refractivity contribution < 1.29 is 9.79 Å². The molecule has 13 heavy (non-hydrogen) atoms. The number of nitrogens with two attached hydrogens (primary N) is 1. The zero-order valence-electron chi connectivity index (χ0n) is 7.63. The lowest BCUT2D eigenvalue weighted by atomic mass is 10.3. The largest absolute Gasteiger partial charge is 0.402 e. The van der Waals surface area contributed by atoms with Crippen LogP contribution in [0.3, 0.4) is 0 Å². The number of hydrogen-bond acceptors (Lipinski definition) is 3. The molecule has 0 aliphatic rings. The first kappa shape index (κ1) is 11.7. The van der Waals surface area contributed by atoms with Crippen LogP contribution in [0.1, 0.15) is 13.8 Å². The third-order valence-electron chi connectivity index (χ3n) is 1.12. The highest BCUT2D eigenvalue weighted by molar-refractivity contribution is 7.78. The first-order chi connectivity index (χ1) is 6.11. The summed E-state index contributed by atoms with van der Waals surface area (Å²) in [6.07, 6.45) is 1.52. The molecule has 0 saturated carbocycles. The van der Waals surface area contributed by atoms with Crippen LogP contribution < -0.4 is 10.7 Å². The molecule has 0 aromatic rings. The highest BCUT2D eigenvalue weighted by atomic mass is 32.1. The summed E-state index contributed by atoms with van der Waals surface area (Å²) in [6, 6.07) is 0. The fourth-order valence-electron chi connectivity index (χ4n) is 0.708. The Bertz CT molecular complexity index is 297. The van der Waals surface area contributed by atoms with E-state index in [4.69, 9.17) is 5.73 Å². The van der Waals surface area contributed by atoms with Crippen LogP contribution in [-0.4, -0.2) is 23.3 Å². The van der Waals surface area contributed by atoms with Crippen molar-refractivity contribution in [1.82, 2.24) is 0 Å². The summed E-state index contributed by atoms with van der Waals surface area (Å²) in [6.45, 7) is 4.18. The van der Waals surface area contributed by atoms with Crippen molar-refractivity contribution in [2.45, 2.75) is 13.8 Å². The molecule has 3 N–H and O–H groups in total. The average Bonchev–Trinajstić information content (AvgIpc) is 2.03. The van der Waals surface area contributed by atoms with E-state index in [1.807, 2.05) is 12.1 Å². The van der Waals surface area contributed by atoms with Crippen LogP contribution >= 0.6 is 12.2 Å². The Labute approximate surface area is 82.3 Å². The van der Waals surface area contributed by atoms with Crippen molar-refractivity contribution >= 4 is 29.0 Å². The minimum absolute atomic E-state index is 0.333. The predicted octanol–water partition coefficient (Wildman–Crippen LogP) is -0.980. The number of carbonyl (C=O) groups is 1. The first-order valence-corrected chi connectivity index (χ1v) is 4.19. The van der Waals surface area contributed by atoms with Crippen molar-refractivity contribution in [1.29, 1.82) is 0 Å². The second-order valence-corrected chi connectivity index (χ2v) is 2.52. The van der Waals surface area contributed by atoms with E-state index in [9.17, 15) is 4.79 Å². The standard InChI is InChI=1S/C8H11N3OS/c1-3-10-7(4-6(2)9)8(12)11-5-13/h4H,3,9H2,1-2H3/p+1. The smallest absolute Gasteiger partial charge is 0.350 e. The molecule has 0 aromatic carbocycles. The summed E-state index contributed by atoms with van der Waals surface area (Å²) in [4.78, 5) is 17.3. The highest BCUT2D eigenvalue weighted by Gasteiger charge is 2.12. The Morgan fingerprint density at radius 1 is 1.77 bits per heavy atom. The molecule has 0 aliphatic heterocycles. The van der Waals surface area contributed by atoms with Gasteiger partial charge in [-0.1, -0.05) is 0 Å². The normalized spacial score (nSPS) is 12.2. The molecule has 0 rings (SSSR count). The number of rotatable bonds is 3. The fourth-order valence-corrected chi connectivity index (χ4v) is 0.791. The maximum Gasteiger partial charge on any atom is 0.350 e. The van der Waals surface area contributed by atoms with Crippen LogP contribution in [0.2, 0.25) is 0 Å². The van der Waals surface area contributed by atoms with Gasteiger partial charge in [-0.2, -0.15) is 0 Å². The summed E-state index contributed by atoms with van der Waals surface area (Å²) in [5, 5.41) is 2.01. The van der Waals surface area contributed by atoms with E-state index in [0.29, 0.717) is 18.0 Å². The molecule has 0 saturated heterocycles. The van der Waals surface area contributed by atoms with E-state index in [1.165, 1.54) is 6.08 Å². The second kappa shape index (κ2) is 6.22. The SMILES string of the molecule is CC[NH+]=C(C=C(C)N)C(=O)N=C=S. The summed E-state index contributed by atoms with van der Waals surface area (Å²) in [7, 11) is 0. The van der Waals surface area contributed by atoms with Gasteiger partial charge in [0, 0.05) is 11.8 Å². The third-order valence-corrected chi connectivity index (χ3v) is 1.21. The number of nitrogens with one attached hydrogen (secondary N) is 1. The van der Waals surface area contributed by atoms with Gasteiger partial charge in [0.15, 0.2) is 0 Å². The lowest BCUT2D eigenvalue weighted by Gasteiger charge is -1.89. The number of hydrogen-bond donors (Lipinski definition) is 2. The predicted molar refractivity (Wildman–Crippen MR) is 54.5 cm³/mol. The van der Waals surface area contributed by atoms with E-state index in [2.05, 4.69) is 22.2 Å². The molecule has 0 radical (unpaired) electrons. The maximum atomic E-state index is 11.2. The van der Waals surface area contributed by atoms with Crippen molar-refractivity contribution in [3.05, 3.63) is 11.8 Å². The van der Waals surface area contributed by atoms with Gasteiger partial charge in [-0.15, -0.1) is 4.99 Å². The molecule has 0 aliphatic carbocycles. The van der Waals surface area contributed by atoms with E-state index in [-0.39, 0.29) is 0 Å². The third kappa shape index (κ3) is 5.00. The fraction of sp³-hybridized carbons (Fsp3) is 0.375. The van der Waals surface area contributed by atoms with Gasteiger partial charge in [-0.3, -0.25) is 4.79 Å². The highest BCUT2D eigenvalue weighted by Crippen LogP contribution is 1.83. The quantitative estimate of drug-likeness (QED) is 0.452. The number of isothiocyanates is 1. The van der Waals surface area contributed by atoms with E-state index in [0.717, 1.165) is 0 Å². The number of nitrogens with zero attached hydrogens (tertiary/aromatic N) is 1. The molecule has 5 heteroatoms. The number of allylic oxidation sites excluding steroid dienone is 1.